The summed E-state index contributed by atoms with van der Waals surface area (Å²) in [5, 5.41) is 44.0. The summed E-state index contributed by atoms with van der Waals surface area (Å²) in [5.41, 5.74) is 0. The predicted molar refractivity (Wildman–Crippen MR) is 293 cm³/mol. The second-order valence-corrected chi connectivity index (χ2v) is 21.4. The van der Waals surface area contributed by atoms with Crippen LogP contribution in [0.5, 0.6) is 0 Å². The SMILES string of the molecule is CCCCCCCCCCCCCCCC/C=C/CCCC(O)C(O)C(CO)NC(=O)C(O)CCCCCCCCCCCCCCCCCCCCCCCCCCCCCCCCCC. The molecule has 0 aromatic carbocycles. The molecule has 1 amide bonds. The molecule has 0 aromatic rings. The average molecular weight is 949 g/mol. The molecular formula is C61H121NO5. The van der Waals surface area contributed by atoms with E-state index in [9.17, 15) is 25.2 Å². The van der Waals surface area contributed by atoms with Gasteiger partial charge < -0.3 is 25.7 Å². The summed E-state index contributed by atoms with van der Waals surface area (Å²) in [6.45, 7) is 4.09. The fraction of sp³-hybridized carbons (Fsp3) is 0.951. The Kier molecular flexibility index (Phi) is 55.2. The van der Waals surface area contributed by atoms with Crippen molar-refractivity contribution in [1.82, 2.24) is 5.32 Å². The van der Waals surface area contributed by atoms with Crippen LogP contribution in [0.25, 0.3) is 0 Å². The molecule has 0 rings (SSSR count). The topological polar surface area (TPSA) is 110 Å². The molecule has 4 atom stereocenters. The average Bonchev–Trinajstić information content (AvgIpc) is 3.33. The molecule has 0 aliphatic carbocycles. The molecule has 0 aliphatic heterocycles. The molecule has 0 spiro atoms. The van der Waals surface area contributed by atoms with Crippen molar-refractivity contribution in [2.24, 2.45) is 0 Å². The van der Waals surface area contributed by atoms with Crippen molar-refractivity contribution >= 4 is 5.91 Å². The van der Waals surface area contributed by atoms with Gasteiger partial charge in [0.05, 0.1) is 18.8 Å². The maximum absolute atomic E-state index is 12.6. The van der Waals surface area contributed by atoms with Crippen molar-refractivity contribution in [2.45, 2.75) is 366 Å². The normalized spacial score (nSPS) is 13.7. The van der Waals surface area contributed by atoms with Crippen molar-refractivity contribution in [2.75, 3.05) is 6.61 Å². The lowest BCUT2D eigenvalue weighted by Gasteiger charge is -2.27. The van der Waals surface area contributed by atoms with Crippen LogP contribution in [0.15, 0.2) is 12.2 Å². The molecule has 0 radical (unpaired) electrons. The van der Waals surface area contributed by atoms with Crippen LogP contribution < -0.4 is 5.32 Å². The summed E-state index contributed by atoms with van der Waals surface area (Å²) in [6.07, 6.45) is 67.4. The molecule has 67 heavy (non-hydrogen) atoms. The number of rotatable bonds is 57. The number of unbranched alkanes of at least 4 members (excludes halogenated alkanes) is 46. The van der Waals surface area contributed by atoms with E-state index < -0.39 is 36.9 Å². The van der Waals surface area contributed by atoms with Gasteiger partial charge in [-0.3, -0.25) is 4.79 Å². The van der Waals surface area contributed by atoms with Gasteiger partial charge in [0.15, 0.2) is 0 Å². The first-order chi connectivity index (χ1) is 33.0. The first kappa shape index (κ1) is 66.0. The Morgan fingerprint density at radius 2 is 0.612 bits per heavy atom. The van der Waals surface area contributed by atoms with Crippen LogP contribution in [0.3, 0.4) is 0 Å². The minimum atomic E-state index is -1.28. The van der Waals surface area contributed by atoms with Gasteiger partial charge in [-0.05, 0) is 38.5 Å². The van der Waals surface area contributed by atoms with Crippen LogP contribution in [-0.4, -0.2) is 57.3 Å². The molecule has 5 N–H and O–H groups in total. The lowest BCUT2D eigenvalue weighted by molar-refractivity contribution is -0.132. The number of nitrogens with one attached hydrogen (secondary N) is 1. The third-order valence-electron chi connectivity index (χ3n) is 14.7. The van der Waals surface area contributed by atoms with E-state index in [1.54, 1.807) is 0 Å². The molecule has 0 fully saturated rings. The number of aliphatic hydroxyl groups excluding tert-OH is 4. The van der Waals surface area contributed by atoms with Crippen LogP contribution in [0.1, 0.15) is 341 Å². The summed E-state index contributed by atoms with van der Waals surface area (Å²) in [7, 11) is 0. The number of allylic oxidation sites excluding steroid dienone is 2. The third kappa shape index (κ3) is 49.8. The van der Waals surface area contributed by atoms with Crippen LogP contribution in [0.2, 0.25) is 0 Å². The highest BCUT2D eigenvalue weighted by molar-refractivity contribution is 5.80. The van der Waals surface area contributed by atoms with Crippen LogP contribution in [-0.2, 0) is 4.79 Å². The van der Waals surface area contributed by atoms with E-state index in [4.69, 9.17) is 0 Å². The van der Waals surface area contributed by atoms with Crippen molar-refractivity contribution in [3.63, 3.8) is 0 Å². The third-order valence-corrected chi connectivity index (χ3v) is 14.7. The van der Waals surface area contributed by atoms with Gasteiger partial charge in [-0.15, -0.1) is 0 Å². The van der Waals surface area contributed by atoms with E-state index in [1.807, 2.05) is 0 Å². The van der Waals surface area contributed by atoms with E-state index in [0.29, 0.717) is 12.8 Å². The summed E-state index contributed by atoms with van der Waals surface area (Å²) >= 11 is 0. The van der Waals surface area contributed by atoms with Crippen LogP contribution >= 0.6 is 0 Å². The van der Waals surface area contributed by atoms with Gasteiger partial charge in [0.2, 0.25) is 5.91 Å². The van der Waals surface area contributed by atoms with Gasteiger partial charge in [0.25, 0.3) is 0 Å². The van der Waals surface area contributed by atoms with Gasteiger partial charge in [-0.1, -0.05) is 315 Å². The molecule has 0 saturated heterocycles. The number of aliphatic hydroxyl groups is 4. The zero-order chi connectivity index (χ0) is 48.8. The molecule has 0 aliphatic rings. The molecule has 4 unspecified atom stereocenters. The highest BCUT2D eigenvalue weighted by atomic mass is 16.3. The minimum Gasteiger partial charge on any atom is -0.394 e. The van der Waals surface area contributed by atoms with Crippen molar-refractivity contribution in [3.8, 4) is 0 Å². The summed E-state index contributed by atoms with van der Waals surface area (Å²) in [5.74, 6) is -0.586. The summed E-state index contributed by atoms with van der Waals surface area (Å²) < 4.78 is 0. The fourth-order valence-corrected chi connectivity index (χ4v) is 9.94. The van der Waals surface area contributed by atoms with Crippen molar-refractivity contribution in [1.29, 1.82) is 0 Å². The number of carbonyl (C=O) groups is 1. The second kappa shape index (κ2) is 56.0. The second-order valence-electron chi connectivity index (χ2n) is 21.4. The van der Waals surface area contributed by atoms with E-state index in [1.165, 1.54) is 276 Å². The van der Waals surface area contributed by atoms with Crippen molar-refractivity contribution < 1.29 is 25.2 Å². The summed E-state index contributed by atoms with van der Waals surface area (Å²) in [4.78, 5) is 12.6. The first-order valence-corrected chi connectivity index (χ1v) is 30.6. The van der Waals surface area contributed by atoms with E-state index in [-0.39, 0.29) is 0 Å². The maximum atomic E-state index is 12.6. The Morgan fingerprint density at radius 1 is 0.358 bits per heavy atom. The highest BCUT2D eigenvalue weighted by Crippen LogP contribution is 2.19. The lowest BCUT2D eigenvalue weighted by atomic mass is 10.00. The van der Waals surface area contributed by atoms with Crippen LogP contribution in [0.4, 0.5) is 0 Å². The largest absolute Gasteiger partial charge is 0.394 e. The highest BCUT2D eigenvalue weighted by Gasteiger charge is 2.28. The number of carbonyl (C=O) groups excluding carboxylic acids is 1. The molecular weight excluding hydrogens is 827 g/mol. The molecule has 6 nitrogen and oxygen atoms in total. The predicted octanol–water partition coefficient (Wildman–Crippen LogP) is 18.0. The molecule has 0 heterocycles. The van der Waals surface area contributed by atoms with Crippen molar-refractivity contribution in [3.05, 3.63) is 12.2 Å². The molecule has 0 saturated carbocycles. The zero-order valence-corrected chi connectivity index (χ0v) is 45.4. The Morgan fingerprint density at radius 3 is 0.896 bits per heavy atom. The Bertz CT molecular complexity index is 975. The zero-order valence-electron chi connectivity index (χ0n) is 45.4. The number of hydrogen-bond donors (Lipinski definition) is 5. The van der Waals surface area contributed by atoms with Crippen LogP contribution in [0, 0.1) is 0 Å². The van der Waals surface area contributed by atoms with Gasteiger partial charge >= 0.3 is 0 Å². The fourth-order valence-electron chi connectivity index (χ4n) is 9.94. The van der Waals surface area contributed by atoms with E-state index in [0.717, 1.165) is 38.5 Å². The molecule has 6 heteroatoms. The van der Waals surface area contributed by atoms with Gasteiger partial charge in [0.1, 0.15) is 12.2 Å². The molecule has 400 valence electrons. The standard InChI is InChI=1S/C61H121NO5/c1-3-5-7-9-11-13-15-17-19-21-23-24-25-26-27-28-29-30-31-32-33-34-35-37-39-41-43-45-47-49-51-53-55-59(65)61(67)62-57(56-63)60(66)58(64)54-52-50-48-46-44-42-40-38-36-22-20-18-16-14-12-10-8-6-4-2/h46,48,57-60,63-66H,3-45,47,49-56H2,1-2H3,(H,62,67)/b48-46+. The molecule has 0 bridgehead atoms. The summed E-state index contributed by atoms with van der Waals surface area (Å²) in [6, 6.07) is -0.999. The minimum absolute atomic E-state index is 0.369. The van der Waals surface area contributed by atoms with Gasteiger partial charge in [-0.2, -0.15) is 0 Å². The van der Waals surface area contributed by atoms with Gasteiger partial charge in [0, 0.05) is 0 Å². The monoisotopic (exact) mass is 948 g/mol. The Hall–Kier alpha value is -0.950. The first-order valence-electron chi connectivity index (χ1n) is 30.6. The maximum Gasteiger partial charge on any atom is 0.249 e. The lowest BCUT2D eigenvalue weighted by Crippen LogP contribution is -2.53. The van der Waals surface area contributed by atoms with Gasteiger partial charge in [-0.25, -0.2) is 0 Å². The quantitative estimate of drug-likeness (QED) is 0.0308. The number of amides is 1. The van der Waals surface area contributed by atoms with E-state index >= 15 is 0 Å². The number of hydrogen-bond acceptors (Lipinski definition) is 5. The van der Waals surface area contributed by atoms with E-state index in [2.05, 4.69) is 31.3 Å². The molecule has 0 aromatic heterocycles. The Labute approximate surface area is 419 Å². The smallest absolute Gasteiger partial charge is 0.249 e. The Balaban J connectivity index is 3.55.